The lowest BCUT2D eigenvalue weighted by atomic mass is 10.0. The third-order valence-electron chi connectivity index (χ3n) is 2.60. The summed E-state index contributed by atoms with van der Waals surface area (Å²) in [7, 11) is 0. The molecule has 0 aromatic rings. The standard InChI is InChI=1S/C15H28O/c1-3-11-15(12-4-2)13-9-7-5-6-8-10-14-16/h5-6,13,16H,3-4,7-12,14H2,1-2H3. The van der Waals surface area contributed by atoms with Crippen molar-refractivity contribution < 1.29 is 5.11 Å². The fraction of sp³-hybridized carbons (Fsp3) is 0.733. The van der Waals surface area contributed by atoms with Crippen LogP contribution in [0.25, 0.3) is 0 Å². The molecule has 0 spiro atoms. The Morgan fingerprint density at radius 2 is 1.56 bits per heavy atom. The van der Waals surface area contributed by atoms with E-state index in [4.69, 9.17) is 5.11 Å². The fourth-order valence-electron chi connectivity index (χ4n) is 1.80. The minimum absolute atomic E-state index is 0.307. The fourth-order valence-corrected chi connectivity index (χ4v) is 1.80. The van der Waals surface area contributed by atoms with Crippen LogP contribution < -0.4 is 0 Å². The molecule has 0 amide bonds. The monoisotopic (exact) mass is 224 g/mol. The summed E-state index contributed by atoms with van der Waals surface area (Å²) in [5.74, 6) is 0. The van der Waals surface area contributed by atoms with Crippen molar-refractivity contribution in [1.82, 2.24) is 0 Å². The van der Waals surface area contributed by atoms with Gasteiger partial charge in [0, 0.05) is 6.61 Å². The van der Waals surface area contributed by atoms with E-state index >= 15 is 0 Å². The Labute approximate surface area is 101 Å². The third-order valence-corrected chi connectivity index (χ3v) is 2.60. The van der Waals surface area contributed by atoms with Crippen LogP contribution >= 0.6 is 0 Å². The summed E-state index contributed by atoms with van der Waals surface area (Å²) in [5, 5.41) is 8.62. The predicted octanol–water partition coefficient (Wildman–Crippen LogP) is 4.62. The van der Waals surface area contributed by atoms with Crippen molar-refractivity contribution in [2.75, 3.05) is 6.61 Å². The molecule has 0 radical (unpaired) electrons. The van der Waals surface area contributed by atoms with Crippen LogP contribution in [0.15, 0.2) is 23.8 Å². The lowest BCUT2D eigenvalue weighted by Crippen LogP contribution is -1.83. The van der Waals surface area contributed by atoms with Crippen molar-refractivity contribution in [3.63, 3.8) is 0 Å². The zero-order valence-electron chi connectivity index (χ0n) is 11.0. The maximum Gasteiger partial charge on any atom is 0.0433 e. The molecular formula is C15H28O. The van der Waals surface area contributed by atoms with Gasteiger partial charge in [0.25, 0.3) is 0 Å². The van der Waals surface area contributed by atoms with Gasteiger partial charge in [0.2, 0.25) is 0 Å². The van der Waals surface area contributed by atoms with Crippen LogP contribution in [0.1, 0.15) is 65.2 Å². The van der Waals surface area contributed by atoms with E-state index in [-0.39, 0.29) is 0 Å². The summed E-state index contributed by atoms with van der Waals surface area (Å²) in [6.45, 7) is 4.80. The van der Waals surface area contributed by atoms with Crippen molar-refractivity contribution in [3.8, 4) is 0 Å². The molecule has 0 atom stereocenters. The van der Waals surface area contributed by atoms with Crippen LogP contribution in [0.2, 0.25) is 0 Å². The molecule has 0 heterocycles. The van der Waals surface area contributed by atoms with E-state index in [9.17, 15) is 0 Å². The lowest BCUT2D eigenvalue weighted by molar-refractivity contribution is 0.289. The molecule has 1 N–H and O–H groups in total. The topological polar surface area (TPSA) is 20.2 Å². The normalized spacial score (nSPS) is 10.9. The summed E-state index contributed by atoms with van der Waals surface area (Å²) in [6, 6.07) is 0. The molecule has 0 saturated heterocycles. The molecular weight excluding hydrogens is 196 g/mol. The molecule has 0 rings (SSSR count). The van der Waals surface area contributed by atoms with E-state index in [2.05, 4.69) is 32.1 Å². The maximum atomic E-state index is 8.62. The number of allylic oxidation sites excluding steroid dienone is 4. The third kappa shape index (κ3) is 9.97. The average molecular weight is 224 g/mol. The van der Waals surface area contributed by atoms with Gasteiger partial charge in [0.1, 0.15) is 0 Å². The summed E-state index contributed by atoms with van der Waals surface area (Å²) in [6.07, 6.45) is 16.1. The highest BCUT2D eigenvalue weighted by Crippen LogP contribution is 2.13. The number of aliphatic hydroxyl groups is 1. The predicted molar refractivity (Wildman–Crippen MR) is 72.6 cm³/mol. The number of hydrogen-bond acceptors (Lipinski definition) is 1. The first-order valence-corrected chi connectivity index (χ1v) is 6.78. The number of unbranched alkanes of at least 4 members (excludes halogenated alkanes) is 2. The molecule has 94 valence electrons. The van der Waals surface area contributed by atoms with E-state index in [0.29, 0.717) is 6.61 Å². The van der Waals surface area contributed by atoms with Crippen molar-refractivity contribution in [3.05, 3.63) is 23.8 Å². The highest BCUT2D eigenvalue weighted by molar-refractivity contribution is 5.02. The Kier molecular flexibility index (Phi) is 12.1. The maximum absolute atomic E-state index is 8.62. The highest BCUT2D eigenvalue weighted by atomic mass is 16.2. The van der Waals surface area contributed by atoms with Gasteiger partial charge in [-0.05, 0) is 38.5 Å². The molecule has 0 bridgehead atoms. The van der Waals surface area contributed by atoms with Crippen LogP contribution in [-0.2, 0) is 0 Å². The Morgan fingerprint density at radius 1 is 0.938 bits per heavy atom. The van der Waals surface area contributed by atoms with Crippen LogP contribution in [-0.4, -0.2) is 11.7 Å². The molecule has 0 aliphatic rings. The second-order valence-corrected chi connectivity index (χ2v) is 4.28. The molecule has 0 aromatic heterocycles. The van der Waals surface area contributed by atoms with Crippen molar-refractivity contribution in [2.24, 2.45) is 0 Å². The van der Waals surface area contributed by atoms with E-state index in [1.807, 2.05) is 0 Å². The number of hydrogen-bond donors (Lipinski definition) is 1. The number of rotatable bonds is 10. The van der Waals surface area contributed by atoms with Gasteiger partial charge in [0.15, 0.2) is 0 Å². The van der Waals surface area contributed by atoms with Crippen molar-refractivity contribution >= 4 is 0 Å². The smallest absolute Gasteiger partial charge is 0.0433 e. The van der Waals surface area contributed by atoms with Gasteiger partial charge in [-0.1, -0.05) is 50.5 Å². The molecule has 0 unspecified atom stereocenters. The first kappa shape index (κ1) is 15.4. The van der Waals surface area contributed by atoms with Gasteiger partial charge >= 0.3 is 0 Å². The molecule has 1 heteroatoms. The number of aliphatic hydroxyl groups excluding tert-OH is 1. The summed E-state index contributed by atoms with van der Waals surface area (Å²) in [4.78, 5) is 0. The minimum atomic E-state index is 0.307. The molecule has 1 nitrogen and oxygen atoms in total. The van der Waals surface area contributed by atoms with Gasteiger partial charge < -0.3 is 5.11 Å². The lowest BCUT2D eigenvalue weighted by Gasteiger charge is -2.03. The minimum Gasteiger partial charge on any atom is -0.396 e. The van der Waals surface area contributed by atoms with Gasteiger partial charge in [0.05, 0.1) is 0 Å². The summed E-state index contributed by atoms with van der Waals surface area (Å²) < 4.78 is 0. The van der Waals surface area contributed by atoms with Crippen LogP contribution in [0.5, 0.6) is 0 Å². The van der Waals surface area contributed by atoms with Gasteiger partial charge in [-0.15, -0.1) is 0 Å². The first-order chi connectivity index (χ1) is 7.85. The Morgan fingerprint density at radius 3 is 2.12 bits per heavy atom. The first-order valence-electron chi connectivity index (χ1n) is 6.78. The Hall–Kier alpha value is -0.560. The molecule has 0 aliphatic carbocycles. The van der Waals surface area contributed by atoms with E-state index < -0.39 is 0 Å². The van der Waals surface area contributed by atoms with E-state index in [1.54, 1.807) is 5.57 Å². The molecule has 0 aromatic carbocycles. The Bertz CT molecular complexity index is 184. The van der Waals surface area contributed by atoms with E-state index in [1.165, 1.54) is 32.1 Å². The van der Waals surface area contributed by atoms with E-state index in [0.717, 1.165) is 19.3 Å². The van der Waals surface area contributed by atoms with Gasteiger partial charge in [-0.25, -0.2) is 0 Å². The van der Waals surface area contributed by atoms with Gasteiger partial charge in [-0.2, -0.15) is 0 Å². The molecule has 0 aliphatic heterocycles. The van der Waals surface area contributed by atoms with Crippen molar-refractivity contribution in [2.45, 2.75) is 65.2 Å². The summed E-state index contributed by atoms with van der Waals surface area (Å²) in [5.41, 5.74) is 1.63. The Balaban J connectivity index is 3.64. The largest absolute Gasteiger partial charge is 0.396 e. The zero-order chi connectivity index (χ0) is 12.1. The molecule has 16 heavy (non-hydrogen) atoms. The quantitative estimate of drug-likeness (QED) is 0.424. The van der Waals surface area contributed by atoms with Crippen molar-refractivity contribution in [1.29, 1.82) is 0 Å². The SMILES string of the molecule is CCCC(=CCCC=CCCCO)CCC. The average Bonchev–Trinajstić information content (AvgIpc) is 2.28. The van der Waals surface area contributed by atoms with Crippen LogP contribution in [0, 0.1) is 0 Å². The van der Waals surface area contributed by atoms with Gasteiger partial charge in [-0.3, -0.25) is 0 Å². The van der Waals surface area contributed by atoms with Crippen LogP contribution in [0.3, 0.4) is 0 Å². The highest BCUT2D eigenvalue weighted by Gasteiger charge is 1.93. The summed E-state index contributed by atoms with van der Waals surface area (Å²) >= 11 is 0. The molecule has 0 saturated carbocycles. The second kappa shape index (κ2) is 12.5. The zero-order valence-corrected chi connectivity index (χ0v) is 11.0. The molecule has 0 fully saturated rings. The second-order valence-electron chi connectivity index (χ2n) is 4.28. The van der Waals surface area contributed by atoms with Crippen LogP contribution in [0.4, 0.5) is 0 Å².